The summed E-state index contributed by atoms with van der Waals surface area (Å²) >= 11 is 5.03. The van der Waals surface area contributed by atoms with E-state index in [1.165, 1.54) is 0 Å². The van der Waals surface area contributed by atoms with Crippen molar-refractivity contribution in [1.29, 1.82) is 0 Å². The molecule has 0 aliphatic heterocycles. The van der Waals surface area contributed by atoms with Crippen LogP contribution in [0.5, 0.6) is 0 Å². The molecule has 2 rings (SSSR count). The largest absolute Gasteiger partial charge is 0.449 e. The van der Waals surface area contributed by atoms with Crippen molar-refractivity contribution in [1.82, 2.24) is 20.8 Å². The van der Waals surface area contributed by atoms with E-state index in [2.05, 4.69) is 26.1 Å². The fraction of sp³-hybridized carbons (Fsp3) is 0.412. The molecule has 0 bridgehead atoms. The molecule has 0 aliphatic carbocycles. The SMILES string of the molecule is CCCCOC(=O)NC(=S)NCCCNc1n[nH]c(=O)c2ccccc12. The lowest BCUT2D eigenvalue weighted by molar-refractivity contribution is 0.150. The molecule has 0 aliphatic rings. The number of aromatic amines is 1. The lowest BCUT2D eigenvalue weighted by Crippen LogP contribution is -2.40. The summed E-state index contributed by atoms with van der Waals surface area (Å²) in [7, 11) is 0. The Hall–Kier alpha value is -2.68. The van der Waals surface area contributed by atoms with Crippen LogP contribution in [0.15, 0.2) is 29.1 Å². The average molecular weight is 377 g/mol. The van der Waals surface area contributed by atoms with Crippen molar-refractivity contribution in [2.45, 2.75) is 26.2 Å². The van der Waals surface area contributed by atoms with Crippen molar-refractivity contribution in [3.8, 4) is 0 Å². The predicted molar refractivity (Wildman–Crippen MR) is 105 cm³/mol. The van der Waals surface area contributed by atoms with Gasteiger partial charge in [0.1, 0.15) is 0 Å². The van der Waals surface area contributed by atoms with Crippen molar-refractivity contribution in [3.05, 3.63) is 34.6 Å². The van der Waals surface area contributed by atoms with Gasteiger partial charge in [-0.3, -0.25) is 10.1 Å². The smallest absolute Gasteiger partial charge is 0.413 e. The van der Waals surface area contributed by atoms with Crippen LogP contribution in [0.4, 0.5) is 10.6 Å². The molecular formula is C17H23N5O3S. The molecule has 1 amide bonds. The van der Waals surface area contributed by atoms with E-state index in [0.29, 0.717) is 30.9 Å². The Balaban J connectivity index is 1.70. The van der Waals surface area contributed by atoms with Crippen molar-refractivity contribution in [3.63, 3.8) is 0 Å². The summed E-state index contributed by atoms with van der Waals surface area (Å²) in [6.07, 6.45) is 1.98. The molecule has 140 valence electrons. The number of aromatic nitrogens is 2. The monoisotopic (exact) mass is 377 g/mol. The fourth-order valence-corrected chi connectivity index (χ4v) is 2.41. The summed E-state index contributed by atoms with van der Waals surface area (Å²) < 4.78 is 4.96. The van der Waals surface area contributed by atoms with Crippen LogP contribution in [-0.4, -0.2) is 41.1 Å². The van der Waals surface area contributed by atoms with E-state index in [9.17, 15) is 9.59 Å². The Morgan fingerprint density at radius 2 is 2.00 bits per heavy atom. The molecule has 9 heteroatoms. The number of amides is 1. The average Bonchev–Trinajstić information content (AvgIpc) is 2.63. The number of alkyl carbamates (subject to hydrolysis) is 1. The van der Waals surface area contributed by atoms with E-state index in [1.54, 1.807) is 6.07 Å². The highest BCUT2D eigenvalue weighted by Gasteiger charge is 2.06. The Morgan fingerprint density at radius 1 is 1.23 bits per heavy atom. The van der Waals surface area contributed by atoms with Gasteiger partial charge >= 0.3 is 6.09 Å². The quantitative estimate of drug-likeness (QED) is 0.412. The molecule has 0 atom stereocenters. The van der Waals surface area contributed by atoms with Gasteiger partial charge in [-0.25, -0.2) is 9.89 Å². The molecule has 0 unspecified atom stereocenters. The Bertz CT molecular complexity index is 808. The molecule has 0 saturated heterocycles. The number of carbonyl (C=O) groups excluding carboxylic acids is 1. The molecule has 0 saturated carbocycles. The van der Waals surface area contributed by atoms with E-state index >= 15 is 0 Å². The Kier molecular flexibility index (Phi) is 7.81. The number of thiocarbonyl (C=S) groups is 1. The third-order valence-corrected chi connectivity index (χ3v) is 3.82. The number of hydrogen-bond acceptors (Lipinski definition) is 6. The number of ether oxygens (including phenoxy) is 1. The maximum Gasteiger partial charge on any atom is 0.413 e. The number of nitrogens with one attached hydrogen (secondary N) is 4. The maximum absolute atomic E-state index is 11.7. The van der Waals surface area contributed by atoms with Gasteiger partial charge in [0, 0.05) is 18.5 Å². The van der Waals surface area contributed by atoms with Crippen LogP contribution >= 0.6 is 12.2 Å². The van der Waals surface area contributed by atoms with Gasteiger partial charge in [-0.2, -0.15) is 5.10 Å². The van der Waals surface area contributed by atoms with Crippen molar-refractivity contribution in [2.24, 2.45) is 0 Å². The highest BCUT2D eigenvalue weighted by molar-refractivity contribution is 7.80. The van der Waals surface area contributed by atoms with Crippen molar-refractivity contribution < 1.29 is 9.53 Å². The first kappa shape index (κ1) is 19.6. The fourth-order valence-electron chi connectivity index (χ4n) is 2.23. The van der Waals surface area contributed by atoms with Crippen LogP contribution < -0.4 is 21.5 Å². The van der Waals surface area contributed by atoms with Crippen LogP contribution in [0.3, 0.4) is 0 Å². The normalized spacial score (nSPS) is 10.3. The van der Waals surface area contributed by atoms with Crippen LogP contribution in [0.2, 0.25) is 0 Å². The number of H-pyrrole nitrogens is 1. The van der Waals surface area contributed by atoms with Crippen molar-refractivity contribution >= 4 is 40.0 Å². The zero-order valence-corrected chi connectivity index (χ0v) is 15.4. The summed E-state index contributed by atoms with van der Waals surface area (Å²) in [6.45, 7) is 3.60. The summed E-state index contributed by atoms with van der Waals surface area (Å²) in [5, 5.41) is 16.7. The number of benzene rings is 1. The highest BCUT2D eigenvalue weighted by Crippen LogP contribution is 2.16. The van der Waals surface area contributed by atoms with Crippen LogP contribution in [-0.2, 0) is 4.74 Å². The molecule has 0 fully saturated rings. The summed E-state index contributed by atoms with van der Waals surface area (Å²) in [5.74, 6) is 0.625. The number of unbranched alkanes of at least 4 members (excludes halogenated alkanes) is 1. The van der Waals surface area contributed by atoms with Crippen molar-refractivity contribution in [2.75, 3.05) is 25.0 Å². The minimum Gasteiger partial charge on any atom is -0.449 e. The van der Waals surface area contributed by atoms with Gasteiger partial charge < -0.3 is 15.4 Å². The van der Waals surface area contributed by atoms with Gasteiger partial charge in [-0.05, 0) is 31.1 Å². The molecule has 2 aromatic rings. The molecular weight excluding hydrogens is 354 g/mol. The minimum absolute atomic E-state index is 0.213. The minimum atomic E-state index is -0.544. The van der Waals surface area contributed by atoms with E-state index < -0.39 is 6.09 Å². The first-order valence-corrected chi connectivity index (χ1v) is 8.95. The third kappa shape index (κ3) is 5.99. The maximum atomic E-state index is 11.7. The number of rotatable bonds is 8. The van der Waals surface area contributed by atoms with Gasteiger partial charge in [0.05, 0.1) is 12.0 Å². The van der Waals surface area contributed by atoms with Gasteiger partial charge in [0.2, 0.25) is 0 Å². The molecule has 4 N–H and O–H groups in total. The molecule has 8 nitrogen and oxygen atoms in total. The lowest BCUT2D eigenvalue weighted by Gasteiger charge is -2.11. The zero-order chi connectivity index (χ0) is 18.8. The number of anilines is 1. The number of nitrogens with zero attached hydrogens (tertiary/aromatic N) is 1. The number of fused-ring (bicyclic) bond motifs is 1. The Labute approximate surface area is 156 Å². The second-order valence-electron chi connectivity index (χ2n) is 5.60. The zero-order valence-electron chi connectivity index (χ0n) is 14.6. The summed E-state index contributed by atoms with van der Waals surface area (Å²) in [6, 6.07) is 7.28. The molecule has 1 heterocycles. The van der Waals surface area contributed by atoms with Gasteiger partial charge in [-0.15, -0.1) is 0 Å². The second kappa shape index (κ2) is 10.3. The van der Waals surface area contributed by atoms with Crippen LogP contribution in [0.1, 0.15) is 26.2 Å². The van der Waals surface area contributed by atoms with Gasteiger partial charge in [-0.1, -0.05) is 31.5 Å². The highest BCUT2D eigenvalue weighted by atomic mass is 32.1. The van der Waals surface area contributed by atoms with E-state index in [1.807, 2.05) is 25.1 Å². The third-order valence-electron chi connectivity index (χ3n) is 3.57. The first-order valence-electron chi connectivity index (χ1n) is 8.54. The number of hydrogen-bond donors (Lipinski definition) is 4. The standard InChI is InChI=1S/C17H23N5O3S/c1-2-3-11-25-17(24)20-16(26)19-10-6-9-18-14-12-7-4-5-8-13(12)15(23)22-21-14/h4-5,7-8H,2-3,6,9-11H2,1H3,(H,18,21)(H,22,23)(H2,19,20,24,26). The van der Waals surface area contributed by atoms with E-state index in [0.717, 1.165) is 24.6 Å². The predicted octanol–water partition coefficient (Wildman–Crippen LogP) is 2.13. The topological polar surface area (TPSA) is 108 Å². The molecule has 1 aromatic heterocycles. The second-order valence-corrected chi connectivity index (χ2v) is 6.01. The molecule has 1 aromatic carbocycles. The molecule has 0 spiro atoms. The summed E-state index contributed by atoms with van der Waals surface area (Å²) in [4.78, 5) is 23.2. The molecule has 0 radical (unpaired) electrons. The van der Waals surface area contributed by atoms with E-state index in [-0.39, 0.29) is 10.7 Å². The van der Waals surface area contributed by atoms with Crippen LogP contribution in [0, 0.1) is 0 Å². The van der Waals surface area contributed by atoms with E-state index in [4.69, 9.17) is 17.0 Å². The summed E-state index contributed by atoms with van der Waals surface area (Å²) in [5.41, 5.74) is -0.213. The lowest BCUT2D eigenvalue weighted by atomic mass is 10.2. The molecule has 26 heavy (non-hydrogen) atoms. The van der Waals surface area contributed by atoms with Gasteiger partial charge in [0.15, 0.2) is 10.9 Å². The van der Waals surface area contributed by atoms with Gasteiger partial charge in [0.25, 0.3) is 5.56 Å². The van der Waals surface area contributed by atoms with Crippen LogP contribution in [0.25, 0.3) is 10.8 Å². The Morgan fingerprint density at radius 3 is 2.77 bits per heavy atom. The number of carbonyl (C=O) groups is 1. The first-order chi connectivity index (χ1) is 12.6.